The Hall–Kier alpha value is -0.865. The monoisotopic (exact) mass is 247 g/mol. The van der Waals surface area contributed by atoms with Crippen LogP contribution in [0.5, 0.6) is 0 Å². The van der Waals surface area contributed by atoms with Crippen molar-refractivity contribution in [1.82, 2.24) is 4.98 Å². The number of nitrogens with zero attached hydrogens (tertiary/aromatic N) is 1. The SMILES string of the molecule is CCc1cc(C)nc(B2OC(C)(C)C(C)(C)O2)c1. The minimum absolute atomic E-state index is 0.310. The molecule has 2 rings (SSSR count). The van der Waals surface area contributed by atoms with Crippen molar-refractivity contribution >= 4 is 12.7 Å². The predicted molar refractivity (Wildman–Crippen MR) is 74.1 cm³/mol. The second-order valence-corrected chi connectivity index (χ2v) is 5.98. The normalized spacial score (nSPS) is 21.3. The summed E-state index contributed by atoms with van der Waals surface area (Å²) in [7, 11) is -0.361. The van der Waals surface area contributed by atoms with E-state index in [4.69, 9.17) is 9.31 Å². The van der Waals surface area contributed by atoms with Gasteiger partial charge in [0, 0.05) is 5.69 Å². The largest absolute Gasteiger partial charge is 0.514 e. The van der Waals surface area contributed by atoms with Gasteiger partial charge in [-0.05, 0) is 58.7 Å². The molecule has 0 aromatic carbocycles. The van der Waals surface area contributed by atoms with E-state index in [1.54, 1.807) is 0 Å². The van der Waals surface area contributed by atoms with Gasteiger partial charge in [-0.15, -0.1) is 0 Å². The number of aromatic nitrogens is 1. The lowest BCUT2D eigenvalue weighted by Gasteiger charge is -2.32. The fourth-order valence-electron chi connectivity index (χ4n) is 2.06. The van der Waals surface area contributed by atoms with Crippen LogP contribution in [0.3, 0.4) is 0 Å². The Kier molecular flexibility index (Phi) is 3.28. The lowest BCUT2D eigenvalue weighted by Crippen LogP contribution is -2.41. The fraction of sp³-hybridized carbons (Fsp3) is 0.643. The molecule has 18 heavy (non-hydrogen) atoms. The van der Waals surface area contributed by atoms with Crippen molar-refractivity contribution in [3.05, 3.63) is 23.4 Å². The van der Waals surface area contributed by atoms with Crippen LogP contribution in [0.25, 0.3) is 0 Å². The summed E-state index contributed by atoms with van der Waals surface area (Å²) >= 11 is 0. The van der Waals surface area contributed by atoms with Crippen LogP contribution in [0.15, 0.2) is 12.1 Å². The van der Waals surface area contributed by atoms with Gasteiger partial charge in [0.2, 0.25) is 0 Å². The van der Waals surface area contributed by atoms with E-state index in [9.17, 15) is 0 Å². The van der Waals surface area contributed by atoms with Crippen molar-refractivity contribution in [1.29, 1.82) is 0 Å². The molecule has 0 amide bonds. The highest BCUT2D eigenvalue weighted by Gasteiger charge is 2.52. The van der Waals surface area contributed by atoms with Crippen LogP contribution >= 0.6 is 0 Å². The highest BCUT2D eigenvalue weighted by Crippen LogP contribution is 2.36. The Bertz CT molecular complexity index is 441. The number of hydrogen-bond donors (Lipinski definition) is 0. The number of aryl methyl sites for hydroxylation is 2. The molecule has 1 aromatic heterocycles. The van der Waals surface area contributed by atoms with E-state index in [0.717, 1.165) is 17.7 Å². The van der Waals surface area contributed by atoms with E-state index >= 15 is 0 Å². The van der Waals surface area contributed by atoms with Crippen LogP contribution in [0.2, 0.25) is 0 Å². The summed E-state index contributed by atoms with van der Waals surface area (Å²) in [5.74, 6) is 0. The van der Waals surface area contributed by atoms with E-state index in [2.05, 4.69) is 51.7 Å². The molecule has 0 aliphatic carbocycles. The van der Waals surface area contributed by atoms with Gasteiger partial charge < -0.3 is 9.31 Å². The van der Waals surface area contributed by atoms with Gasteiger partial charge in [-0.25, -0.2) is 0 Å². The Morgan fingerprint density at radius 1 is 1.11 bits per heavy atom. The average molecular weight is 247 g/mol. The standard InChI is InChI=1S/C14H22BNO2/c1-7-11-8-10(2)16-12(9-11)15-17-13(3,4)14(5,6)18-15/h8-9H,7H2,1-6H3. The molecule has 0 saturated carbocycles. The molecule has 1 aliphatic heterocycles. The van der Waals surface area contributed by atoms with Crippen LogP contribution in [0.1, 0.15) is 45.9 Å². The maximum atomic E-state index is 6.02. The lowest BCUT2D eigenvalue weighted by atomic mass is 9.83. The predicted octanol–water partition coefficient (Wildman–Crippen LogP) is 2.25. The molecular formula is C14H22BNO2. The summed E-state index contributed by atoms with van der Waals surface area (Å²) in [6, 6.07) is 4.18. The minimum Gasteiger partial charge on any atom is -0.398 e. The minimum atomic E-state index is -0.361. The van der Waals surface area contributed by atoms with Gasteiger partial charge >= 0.3 is 7.12 Å². The first kappa shape index (κ1) is 13.6. The summed E-state index contributed by atoms with van der Waals surface area (Å²) in [6.45, 7) is 12.4. The van der Waals surface area contributed by atoms with Gasteiger partial charge in [0.05, 0.1) is 16.8 Å². The molecular weight excluding hydrogens is 225 g/mol. The molecule has 98 valence electrons. The molecule has 0 bridgehead atoms. The van der Waals surface area contributed by atoms with E-state index in [-0.39, 0.29) is 18.3 Å². The Balaban J connectivity index is 2.32. The van der Waals surface area contributed by atoms with Crippen molar-refractivity contribution in [2.24, 2.45) is 0 Å². The molecule has 1 saturated heterocycles. The zero-order chi connectivity index (χ0) is 13.6. The summed E-state index contributed by atoms with van der Waals surface area (Å²) in [4.78, 5) is 4.54. The third-order valence-electron chi connectivity index (χ3n) is 3.94. The molecule has 0 radical (unpaired) electrons. The lowest BCUT2D eigenvalue weighted by molar-refractivity contribution is 0.00578. The van der Waals surface area contributed by atoms with E-state index in [0.29, 0.717) is 0 Å². The van der Waals surface area contributed by atoms with Crippen LogP contribution in [-0.2, 0) is 15.7 Å². The Labute approximate surface area is 110 Å². The molecule has 2 heterocycles. The number of rotatable bonds is 2. The van der Waals surface area contributed by atoms with Crippen LogP contribution in [0.4, 0.5) is 0 Å². The summed E-state index contributed by atoms with van der Waals surface area (Å²) in [6.07, 6.45) is 0.996. The van der Waals surface area contributed by atoms with Gasteiger partial charge in [0.25, 0.3) is 0 Å². The quantitative estimate of drug-likeness (QED) is 0.751. The number of pyridine rings is 1. The zero-order valence-electron chi connectivity index (χ0n) is 12.2. The molecule has 0 spiro atoms. The van der Waals surface area contributed by atoms with Crippen LogP contribution < -0.4 is 5.59 Å². The van der Waals surface area contributed by atoms with Crippen LogP contribution in [0, 0.1) is 6.92 Å². The van der Waals surface area contributed by atoms with E-state index in [1.165, 1.54) is 5.56 Å². The third-order valence-corrected chi connectivity index (χ3v) is 3.94. The maximum Gasteiger partial charge on any atom is 0.514 e. The molecule has 0 atom stereocenters. The fourth-order valence-corrected chi connectivity index (χ4v) is 2.06. The highest BCUT2D eigenvalue weighted by molar-refractivity contribution is 6.61. The second-order valence-electron chi connectivity index (χ2n) is 5.98. The van der Waals surface area contributed by atoms with Crippen LogP contribution in [-0.4, -0.2) is 23.3 Å². The smallest absolute Gasteiger partial charge is 0.398 e. The second kappa shape index (κ2) is 4.35. The van der Waals surface area contributed by atoms with Gasteiger partial charge in [0.1, 0.15) is 0 Å². The molecule has 0 unspecified atom stereocenters. The zero-order valence-corrected chi connectivity index (χ0v) is 12.2. The van der Waals surface area contributed by atoms with E-state index in [1.807, 2.05) is 6.92 Å². The molecule has 1 aliphatic rings. The topological polar surface area (TPSA) is 31.4 Å². The van der Waals surface area contributed by atoms with Gasteiger partial charge in [-0.3, -0.25) is 4.98 Å². The third kappa shape index (κ3) is 2.32. The first-order chi connectivity index (χ1) is 8.25. The average Bonchev–Trinajstić information content (AvgIpc) is 2.47. The van der Waals surface area contributed by atoms with Gasteiger partial charge in [-0.1, -0.05) is 6.92 Å². The van der Waals surface area contributed by atoms with Crippen molar-refractivity contribution in [3.8, 4) is 0 Å². The van der Waals surface area contributed by atoms with Gasteiger partial charge in [-0.2, -0.15) is 0 Å². The first-order valence-electron chi connectivity index (χ1n) is 6.58. The molecule has 4 heteroatoms. The van der Waals surface area contributed by atoms with Crippen molar-refractivity contribution in [2.75, 3.05) is 0 Å². The molecule has 3 nitrogen and oxygen atoms in total. The molecule has 0 N–H and O–H groups in total. The molecule has 1 aromatic rings. The van der Waals surface area contributed by atoms with Crippen molar-refractivity contribution < 1.29 is 9.31 Å². The van der Waals surface area contributed by atoms with Crippen molar-refractivity contribution in [3.63, 3.8) is 0 Å². The van der Waals surface area contributed by atoms with E-state index < -0.39 is 0 Å². The first-order valence-corrected chi connectivity index (χ1v) is 6.58. The Morgan fingerprint density at radius 2 is 1.67 bits per heavy atom. The summed E-state index contributed by atoms with van der Waals surface area (Å²) in [5.41, 5.74) is 2.54. The summed E-state index contributed by atoms with van der Waals surface area (Å²) < 4.78 is 12.0. The summed E-state index contributed by atoms with van der Waals surface area (Å²) in [5, 5.41) is 0. The molecule has 1 fully saturated rings. The highest BCUT2D eigenvalue weighted by atomic mass is 16.7. The van der Waals surface area contributed by atoms with Gasteiger partial charge in [0.15, 0.2) is 0 Å². The number of hydrogen-bond acceptors (Lipinski definition) is 3. The Morgan fingerprint density at radius 3 is 2.17 bits per heavy atom. The van der Waals surface area contributed by atoms with Crippen molar-refractivity contribution in [2.45, 2.75) is 59.2 Å². The maximum absolute atomic E-state index is 6.02.